The molecule has 0 amide bonds. The van der Waals surface area contributed by atoms with Crippen molar-refractivity contribution in [2.45, 2.75) is 25.6 Å². The Morgan fingerprint density at radius 1 is 1.43 bits per heavy atom. The van der Waals surface area contributed by atoms with Gasteiger partial charge in [0.25, 0.3) is 0 Å². The molecule has 1 atom stereocenters. The monoisotopic (exact) mass is 301 g/mol. The number of alkyl halides is 2. The van der Waals surface area contributed by atoms with Crippen molar-refractivity contribution < 1.29 is 28.2 Å². The quantitative estimate of drug-likeness (QED) is 0.870. The molecule has 1 fully saturated rings. The fourth-order valence-corrected chi connectivity index (χ4v) is 2.30. The van der Waals surface area contributed by atoms with Crippen LogP contribution in [0.4, 0.5) is 8.78 Å². The summed E-state index contributed by atoms with van der Waals surface area (Å²) < 4.78 is 33.7. The highest BCUT2D eigenvalue weighted by Crippen LogP contribution is 2.18. The molecule has 1 aliphatic heterocycles. The number of carboxylic acid groups (broad SMARTS) is 1. The second-order valence-corrected chi connectivity index (χ2v) is 4.82. The molecule has 1 saturated heterocycles. The zero-order valence-corrected chi connectivity index (χ0v) is 11.4. The molecule has 1 aliphatic rings. The van der Waals surface area contributed by atoms with Crippen LogP contribution < -0.4 is 4.74 Å². The molecule has 7 heteroatoms. The van der Waals surface area contributed by atoms with Crippen LogP contribution in [-0.4, -0.2) is 48.4 Å². The van der Waals surface area contributed by atoms with Crippen molar-refractivity contribution >= 4 is 5.97 Å². The Labute approximate surface area is 121 Å². The number of carboxylic acids is 1. The number of hydrogen-bond acceptors (Lipinski definition) is 4. The largest absolute Gasteiger partial charge is 0.481 e. The van der Waals surface area contributed by atoms with Crippen LogP contribution in [0.1, 0.15) is 12.0 Å². The molecule has 1 heterocycles. The summed E-state index contributed by atoms with van der Waals surface area (Å²) in [5.74, 6) is -0.756. The van der Waals surface area contributed by atoms with Gasteiger partial charge in [0.1, 0.15) is 5.75 Å². The second-order valence-electron chi connectivity index (χ2n) is 4.82. The van der Waals surface area contributed by atoms with Crippen molar-refractivity contribution in [2.24, 2.45) is 0 Å². The maximum absolute atomic E-state index is 12.1. The van der Waals surface area contributed by atoms with E-state index in [2.05, 4.69) is 4.74 Å². The first-order valence-corrected chi connectivity index (χ1v) is 6.62. The fraction of sp³-hybridized carbons (Fsp3) is 0.500. The standard InChI is InChI=1S/C14H17F2NO4/c15-14(16)21-12-3-1-10(2-4-12)8-17-5-6-20-9-11(17)7-13(18)19/h1-4,11,14H,5-9H2,(H,18,19). The maximum atomic E-state index is 12.1. The van der Waals surface area contributed by atoms with Gasteiger partial charge in [0.05, 0.1) is 19.6 Å². The summed E-state index contributed by atoms with van der Waals surface area (Å²) >= 11 is 0. The van der Waals surface area contributed by atoms with Crippen LogP contribution in [0.2, 0.25) is 0 Å². The van der Waals surface area contributed by atoms with E-state index in [9.17, 15) is 13.6 Å². The minimum atomic E-state index is -2.84. The summed E-state index contributed by atoms with van der Waals surface area (Å²) in [6.07, 6.45) is 0.0204. The van der Waals surface area contributed by atoms with Crippen molar-refractivity contribution in [3.8, 4) is 5.75 Å². The highest BCUT2D eigenvalue weighted by molar-refractivity contribution is 5.67. The van der Waals surface area contributed by atoms with Gasteiger partial charge >= 0.3 is 12.6 Å². The van der Waals surface area contributed by atoms with Gasteiger partial charge < -0.3 is 14.6 Å². The molecular formula is C14H17F2NO4. The van der Waals surface area contributed by atoms with E-state index in [1.165, 1.54) is 12.1 Å². The molecule has 5 nitrogen and oxygen atoms in total. The lowest BCUT2D eigenvalue weighted by molar-refractivity contribution is -0.140. The summed E-state index contributed by atoms with van der Waals surface area (Å²) in [5.41, 5.74) is 0.911. The van der Waals surface area contributed by atoms with E-state index in [4.69, 9.17) is 9.84 Å². The molecule has 0 radical (unpaired) electrons. The predicted molar refractivity (Wildman–Crippen MR) is 70.3 cm³/mol. The molecule has 21 heavy (non-hydrogen) atoms. The lowest BCUT2D eigenvalue weighted by Gasteiger charge is -2.34. The predicted octanol–water partition coefficient (Wildman–Crippen LogP) is 1.96. The van der Waals surface area contributed by atoms with E-state index >= 15 is 0 Å². The summed E-state index contributed by atoms with van der Waals surface area (Å²) in [7, 11) is 0. The van der Waals surface area contributed by atoms with Crippen LogP contribution in [0, 0.1) is 0 Å². The number of ether oxygens (including phenoxy) is 2. The molecule has 1 N–H and O–H groups in total. The lowest BCUT2D eigenvalue weighted by atomic mass is 10.1. The Morgan fingerprint density at radius 2 is 2.14 bits per heavy atom. The molecule has 0 saturated carbocycles. The van der Waals surface area contributed by atoms with Gasteiger partial charge in [-0.1, -0.05) is 12.1 Å². The van der Waals surface area contributed by atoms with Gasteiger partial charge in [0.15, 0.2) is 0 Å². The SMILES string of the molecule is O=C(O)CC1COCCN1Cc1ccc(OC(F)F)cc1. The van der Waals surface area contributed by atoms with Gasteiger partial charge in [-0.2, -0.15) is 8.78 Å². The van der Waals surface area contributed by atoms with Crippen molar-refractivity contribution in [3.63, 3.8) is 0 Å². The zero-order chi connectivity index (χ0) is 15.2. The first kappa shape index (κ1) is 15.7. The molecule has 0 spiro atoms. The van der Waals surface area contributed by atoms with Crippen LogP contribution in [-0.2, 0) is 16.1 Å². The van der Waals surface area contributed by atoms with Gasteiger partial charge in [-0.05, 0) is 17.7 Å². The van der Waals surface area contributed by atoms with Crippen molar-refractivity contribution in [2.75, 3.05) is 19.8 Å². The van der Waals surface area contributed by atoms with E-state index < -0.39 is 12.6 Å². The smallest absolute Gasteiger partial charge is 0.387 e. The summed E-state index contributed by atoms with van der Waals surface area (Å²) in [6.45, 7) is -0.694. The van der Waals surface area contributed by atoms with E-state index in [1.807, 2.05) is 4.90 Å². The van der Waals surface area contributed by atoms with E-state index in [0.717, 1.165) is 5.56 Å². The molecule has 1 unspecified atom stereocenters. The summed E-state index contributed by atoms with van der Waals surface area (Å²) in [4.78, 5) is 12.9. The molecule has 0 bridgehead atoms. The van der Waals surface area contributed by atoms with Crippen molar-refractivity contribution in [1.82, 2.24) is 4.90 Å². The zero-order valence-electron chi connectivity index (χ0n) is 11.4. The van der Waals surface area contributed by atoms with Crippen LogP contribution in [0.15, 0.2) is 24.3 Å². The first-order valence-electron chi connectivity index (χ1n) is 6.62. The number of benzene rings is 1. The average molecular weight is 301 g/mol. The average Bonchev–Trinajstić information content (AvgIpc) is 2.42. The minimum absolute atomic E-state index is 0.0204. The van der Waals surface area contributed by atoms with Crippen LogP contribution in [0.3, 0.4) is 0 Å². The summed E-state index contributed by atoms with van der Waals surface area (Å²) in [5, 5.41) is 8.90. The fourth-order valence-electron chi connectivity index (χ4n) is 2.30. The second kappa shape index (κ2) is 7.33. The van der Waals surface area contributed by atoms with Crippen LogP contribution in [0.5, 0.6) is 5.75 Å². The number of rotatable bonds is 6. The van der Waals surface area contributed by atoms with E-state index in [1.54, 1.807) is 12.1 Å². The third kappa shape index (κ3) is 4.95. The Hall–Kier alpha value is -1.73. The number of carbonyl (C=O) groups is 1. The topological polar surface area (TPSA) is 59.0 Å². The number of aliphatic carboxylic acids is 1. The Balaban J connectivity index is 1.96. The number of morpholine rings is 1. The van der Waals surface area contributed by atoms with Crippen molar-refractivity contribution in [3.05, 3.63) is 29.8 Å². The highest BCUT2D eigenvalue weighted by Gasteiger charge is 2.25. The molecule has 0 aromatic heterocycles. The van der Waals surface area contributed by atoms with Gasteiger partial charge in [-0.25, -0.2) is 0 Å². The molecular weight excluding hydrogens is 284 g/mol. The molecule has 2 rings (SSSR count). The maximum Gasteiger partial charge on any atom is 0.387 e. The lowest BCUT2D eigenvalue weighted by Crippen LogP contribution is -2.45. The van der Waals surface area contributed by atoms with E-state index in [0.29, 0.717) is 26.3 Å². The van der Waals surface area contributed by atoms with Crippen molar-refractivity contribution in [1.29, 1.82) is 0 Å². The third-order valence-electron chi connectivity index (χ3n) is 3.29. The molecule has 0 aliphatic carbocycles. The number of hydrogen-bond donors (Lipinski definition) is 1. The normalized spacial score (nSPS) is 19.7. The Bertz CT molecular complexity index is 467. The number of nitrogens with zero attached hydrogens (tertiary/aromatic N) is 1. The van der Waals surface area contributed by atoms with E-state index in [-0.39, 0.29) is 18.2 Å². The van der Waals surface area contributed by atoms with Gasteiger partial charge in [-0.3, -0.25) is 9.69 Å². The number of halogens is 2. The third-order valence-corrected chi connectivity index (χ3v) is 3.29. The molecule has 116 valence electrons. The van der Waals surface area contributed by atoms with Gasteiger partial charge in [0.2, 0.25) is 0 Å². The Morgan fingerprint density at radius 3 is 2.76 bits per heavy atom. The van der Waals surface area contributed by atoms with Crippen LogP contribution in [0.25, 0.3) is 0 Å². The van der Waals surface area contributed by atoms with Gasteiger partial charge in [-0.15, -0.1) is 0 Å². The van der Waals surface area contributed by atoms with Crippen LogP contribution >= 0.6 is 0 Å². The first-order chi connectivity index (χ1) is 10.0. The highest BCUT2D eigenvalue weighted by atomic mass is 19.3. The molecule has 1 aromatic carbocycles. The molecule has 1 aromatic rings. The minimum Gasteiger partial charge on any atom is -0.481 e. The summed E-state index contributed by atoms with van der Waals surface area (Å²) in [6, 6.07) is 6.19. The van der Waals surface area contributed by atoms with Gasteiger partial charge in [0, 0.05) is 19.1 Å². The Kier molecular flexibility index (Phi) is 5.46.